The predicted octanol–water partition coefficient (Wildman–Crippen LogP) is 2.33. The first kappa shape index (κ1) is 14.9. The minimum absolute atomic E-state index is 0.209. The second kappa shape index (κ2) is 6.28. The van der Waals surface area contributed by atoms with Crippen molar-refractivity contribution in [2.75, 3.05) is 13.1 Å². The normalized spacial score (nSPS) is 18.9. The average Bonchev–Trinajstić information content (AvgIpc) is 2.38. The molecule has 1 aliphatic heterocycles. The summed E-state index contributed by atoms with van der Waals surface area (Å²) in [5, 5.41) is 20.3. The van der Waals surface area contributed by atoms with Crippen molar-refractivity contribution < 1.29 is 14.4 Å². The number of halogens is 1. The third kappa shape index (κ3) is 3.74. The van der Waals surface area contributed by atoms with Gasteiger partial charge in [0.25, 0.3) is 5.69 Å². The lowest BCUT2D eigenvalue weighted by atomic mass is 9.92. The second-order valence-electron chi connectivity index (χ2n) is 5.43. The van der Waals surface area contributed by atoms with Crippen LogP contribution in [0.1, 0.15) is 25.3 Å². The Morgan fingerprint density at radius 1 is 1.45 bits per heavy atom. The van der Waals surface area contributed by atoms with Gasteiger partial charge >= 0.3 is 0 Å². The number of nitro benzene ring substituents is 1. The molecule has 110 valence electrons. The van der Waals surface area contributed by atoms with Crippen LogP contribution < -0.4 is 0 Å². The van der Waals surface area contributed by atoms with Gasteiger partial charge in [0.2, 0.25) is 0 Å². The van der Waals surface area contributed by atoms with E-state index in [0.29, 0.717) is 18.0 Å². The highest BCUT2D eigenvalue weighted by molar-refractivity contribution is 5.35. The van der Waals surface area contributed by atoms with Crippen LogP contribution in [-0.4, -0.2) is 34.1 Å². The maximum absolute atomic E-state index is 13.4. The monoisotopic (exact) mass is 282 g/mol. The summed E-state index contributed by atoms with van der Waals surface area (Å²) in [5.41, 5.74) is 0.408. The smallest absolute Gasteiger partial charge is 0.272 e. The lowest BCUT2D eigenvalue weighted by Crippen LogP contribution is -2.36. The molecule has 2 rings (SSSR count). The van der Waals surface area contributed by atoms with E-state index in [4.69, 9.17) is 0 Å². The van der Waals surface area contributed by atoms with Crippen LogP contribution in [0, 0.1) is 21.8 Å². The van der Waals surface area contributed by atoms with Crippen molar-refractivity contribution in [3.05, 3.63) is 39.7 Å². The quantitative estimate of drug-likeness (QED) is 0.680. The molecule has 1 heterocycles. The number of nitrogens with zero attached hydrogens (tertiary/aromatic N) is 2. The van der Waals surface area contributed by atoms with Crippen molar-refractivity contribution in [1.29, 1.82) is 0 Å². The zero-order valence-electron chi connectivity index (χ0n) is 11.5. The van der Waals surface area contributed by atoms with Gasteiger partial charge in [-0.05, 0) is 50.4 Å². The third-order valence-electron chi connectivity index (χ3n) is 3.87. The van der Waals surface area contributed by atoms with Crippen molar-refractivity contribution >= 4 is 5.69 Å². The minimum Gasteiger partial charge on any atom is -0.393 e. The summed E-state index contributed by atoms with van der Waals surface area (Å²) in [6.45, 7) is 3.95. The molecule has 0 bridgehead atoms. The Bertz CT molecular complexity index is 485. The number of aliphatic hydroxyl groups excluding tert-OH is 1. The Morgan fingerprint density at radius 3 is 2.65 bits per heavy atom. The van der Waals surface area contributed by atoms with Gasteiger partial charge in [-0.3, -0.25) is 15.0 Å². The Morgan fingerprint density at radius 2 is 2.10 bits per heavy atom. The van der Waals surface area contributed by atoms with Crippen LogP contribution in [0.3, 0.4) is 0 Å². The van der Waals surface area contributed by atoms with Gasteiger partial charge in [0, 0.05) is 12.6 Å². The van der Waals surface area contributed by atoms with Gasteiger partial charge in [0.05, 0.1) is 17.1 Å². The molecule has 5 nitrogen and oxygen atoms in total. The largest absolute Gasteiger partial charge is 0.393 e. The first-order chi connectivity index (χ1) is 9.45. The van der Waals surface area contributed by atoms with Crippen molar-refractivity contribution in [3.63, 3.8) is 0 Å². The highest BCUT2D eigenvalue weighted by Crippen LogP contribution is 2.23. The van der Waals surface area contributed by atoms with E-state index in [9.17, 15) is 19.6 Å². The van der Waals surface area contributed by atoms with Crippen LogP contribution in [0.2, 0.25) is 0 Å². The molecule has 1 saturated heterocycles. The van der Waals surface area contributed by atoms with Crippen LogP contribution in [0.4, 0.5) is 10.1 Å². The van der Waals surface area contributed by atoms with Gasteiger partial charge in [-0.25, -0.2) is 4.39 Å². The molecular weight excluding hydrogens is 263 g/mol. The first-order valence-electron chi connectivity index (χ1n) is 6.80. The Hall–Kier alpha value is -1.53. The zero-order valence-corrected chi connectivity index (χ0v) is 11.5. The molecule has 1 fully saturated rings. The summed E-state index contributed by atoms with van der Waals surface area (Å²) in [6, 6.07) is 3.70. The third-order valence-corrected chi connectivity index (χ3v) is 3.87. The van der Waals surface area contributed by atoms with Crippen LogP contribution in [-0.2, 0) is 6.54 Å². The summed E-state index contributed by atoms with van der Waals surface area (Å²) in [4.78, 5) is 12.3. The predicted molar refractivity (Wildman–Crippen MR) is 72.7 cm³/mol. The Balaban J connectivity index is 1.99. The molecule has 1 atom stereocenters. The van der Waals surface area contributed by atoms with Crippen LogP contribution in [0.15, 0.2) is 18.2 Å². The number of aliphatic hydroxyl groups is 1. The van der Waals surface area contributed by atoms with Gasteiger partial charge in [-0.1, -0.05) is 0 Å². The zero-order chi connectivity index (χ0) is 14.7. The molecule has 20 heavy (non-hydrogen) atoms. The molecule has 0 aliphatic carbocycles. The van der Waals surface area contributed by atoms with Crippen molar-refractivity contribution in [2.45, 2.75) is 32.4 Å². The maximum Gasteiger partial charge on any atom is 0.272 e. The van der Waals surface area contributed by atoms with Gasteiger partial charge in [0.15, 0.2) is 0 Å². The highest BCUT2D eigenvalue weighted by atomic mass is 19.1. The van der Waals surface area contributed by atoms with E-state index in [0.717, 1.165) is 32.0 Å². The molecule has 1 aromatic carbocycles. The molecule has 0 amide bonds. The fraction of sp³-hybridized carbons (Fsp3) is 0.571. The molecule has 0 saturated carbocycles. The highest BCUT2D eigenvalue weighted by Gasteiger charge is 2.23. The summed E-state index contributed by atoms with van der Waals surface area (Å²) in [6.07, 6.45) is 1.50. The molecular formula is C14H19FN2O3. The van der Waals surface area contributed by atoms with E-state index in [2.05, 4.69) is 4.90 Å². The fourth-order valence-corrected chi connectivity index (χ4v) is 2.68. The number of hydrogen-bond acceptors (Lipinski definition) is 4. The number of nitro groups is 1. The Labute approximate surface area is 117 Å². The van der Waals surface area contributed by atoms with Gasteiger partial charge < -0.3 is 5.11 Å². The van der Waals surface area contributed by atoms with E-state index >= 15 is 0 Å². The SMILES string of the molecule is CC(O)C1CCN(Cc2cc(F)cc([N+](=O)[O-])c2)CC1. The van der Waals surface area contributed by atoms with Crippen molar-refractivity contribution in [2.24, 2.45) is 5.92 Å². The number of piperidine rings is 1. The molecule has 0 spiro atoms. The van der Waals surface area contributed by atoms with E-state index in [1.165, 1.54) is 12.1 Å². The maximum atomic E-state index is 13.4. The lowest BCUT2D eigenvalue weighted by molar-refractivity contribution is -0.385. The minimum atomic E-state index is -0.577. The molecule has 1 aliphatic rings. The summed E-state index contributed by atoms with van der Waals surface area (Å²) < 4.78 is 13.4. The topological polar surface area (TPSA) is 66.6 Å². The average molecular weight is 282 g/mol. The molecule has 6 heteroatoms. The number of rotatable bonds is 4. The fourth-order valence-electron chi connectivity index (χ4n) is 2.68. The van der Waals surface area contributed by atoms with Crippen LogP contribution in [0.25, 0.3) is 0 Å². The van der Waals surface area contributed by atoms with Gasteiger partial charge in [-0.15, -0.1) is 0 Å². The van der Waals surface area contributed by atoms with E-state index in [1.54, 1.807) is 6.92 Å². The Kier molecular flexibility index (Phi) is 4.67. The molecule has 0 radical (unpaired) electrons. The van der Waals surface area contributed by atoms with E-state index < -0.39 is 10.7 Å². The van der Waals surface area contributed by atoms with E-state index in [1.807, 2.05) is 0 Å². The van der Waals surface area contributed by atoms with Crippen molar-refractivity contribution in [1.82, 2.24) is 4.90 Å². The number of non-ortho nitro benzene ring substituents is 1. The summed E-state index contributed by atoms with van der Waals surface area (Å²) in [5.74, 6) is -0.263. The van der Waals surface area contributed by atoms with Crippen molar-refractivity contribution in [3.8, 4) is 0 Å². The summed E-state index contributed by atoms with van der Waals surface area (Å²) >= 11 is 0. The first-order valence-corrected chi connectivity index (χ1v) is 6.80. The lowest BCUT2D eigenvalue weighted by Gasteiger charge is -2.33. The second-order valence-corrected chi connectivity index (χ2v) is 5.43. The number of likely N-dealkylation sites (tertiary alicyclic amines) is 1. The van der Waals surface area contributed by atoms with E-state index in [-0.39, 0.29) is 11.8 Å². The molecule has 0 aromatic heterocycles. The standard InChI is InChI=1S/C14H19FN2O3/c1-10(18)12-2-4-16(5-3-12)9-11-6-13(15)8-14(7-11)17(19)20/h6-8,10,12,18H,2-5,9H2,1H3. The molecule has 1 aromatic rings. The molecule has 1 unspecified atom stereocenters. The van der Waals surface area contributed by atoms with Crippen LogP contribution >= 0.6 is 0 Å². The number of hydrogen-bond donors (Lipinski definition) is 1. The van der Waals surface area contributed by atoms with Gasteiger partial charge in [-0.2, -0.15) is 0 Å². The van der Waals surface area contributed by atoms with Gasteiger partial charge in [0.1, 0.15) is 5.82 Å². The summed E-state index contributed by atoms with van der Waals surface area (Å²) in [7, 11) is 0. The molecule has 1 N–H and O–H groups in total. The number of benzene rings is 1. The van der Waals surface area contributed by atoms with Crippen LogP contribution in [0.5, 0.6) is 0 Å².